The van der Waals surface area contributed by atoms with Gasteiger partial charge in [0.2, 0.25) is 0 Å². The summed E-state index contributed by atoms with van der Waals surface area (Å²) < 4.78 is 1.15. The van der Waals surface area contributed by atoms with Crippen LogP contribution in [0.25, 0.3) is 0 Å². The number of halogens is 1. The molecule has 0 radical (unpaired) electrons. The first-order chi connectivity index (χ1) is 9.60. The van der Waals surface area contributed by atoms with Gasteiger partial charge in [-0.1, -0.05) is 28.9 Å². The highest BCUT2D eigenvalue weighted by Gasteiger charge is 2.11. The van der Waals surface area contributed by atoms with Crippen LogP contribution in [-0.2, 0) is 6.54 Å². The van der Waals surface area contributed by atoms with Gasteiger partial charge in [0.05, 0.1) is 0 Å². The molecule has 0 aliphatic heterocycles. The molecule has 0 aromatic heterocycles. The lowest BCUT2D eigenvalue weighted by molar-refractivity contribution is 0.288. The SMILES string of the molecule is CCCNCc1ccc(N(CCCO)C(C)C)cc1Br. The second kappa shape index (κ2) is 9.37. The predicted octanol–water partition coefficient (Wildman–Crippen LogP) is 3.55. The molecule has 0 unspecified atom stereocenters. The van der Waals surface area contributed by atoms with E-state index in [-0.39, 0.29) is 6.61 Å². The lowest BCUT2D eigenvalue weighted by Gasteiger charge is -2.29. The fraction of sp³-hybridized carbons (Fsp3) is 0.625. The van der Waals surface area contributed by atoms with Crippen LogP contribution in [0.3, 0.4) is 0 Å². The van der Waals surface area contributed by atoms with E-state index in [9.17, 15) is 0 Å². The normalized spacial score (nSPS) is 11.1. The van der Waals surface area contributed by atoms with Gasteiger partial charge in [-0.3, -0.25) is 0 Å². The molecule has 0 bridgehead atoms. The highest BCUT2D eigenvalue weighted by molar-refractivity contribution is 9.10. The molecule has 20 heavy (non-hydrogen) atoms. The summed E-state index contributed by atoms with van der Waals surface area (Å²) in [6.07, 6.45) is 1.95. The van der Waals surface area contributed by atoms with Crippen LogP contribution in [0, 0.1) is 0 Å². The zero-order chi connectivity index (χ0) is 15.0. The number of nitrogens with one attached hydrogen (secondary N) is 1. The number of aliphatic hydroxyl groups excluding tert-OH is 1. The van der Waals surface area contributed by atoms with Crippen molar-refractivity contribution in [2.45, 2.75) is 46.2 Å². The molecular weight excluding hydrogens is 316 g/mol. The third-order valence-corrected chi connectivity index (χ3v) is 4.03. The van der Waals surface area contributed by atoms with E-state index in [0.717, 1.165) is 36.9 Å². The maximum absolute atomic E-state index is 9.02. The van der Waals surface area contributed by atoms with E-state index in [4.69, 9.17) is 5.11 Å². The Morgan fingerprint density at radius 3 is 2.65 bits per heavy atom. The van der Waals surface area contributed by atoms with Crippen molar-refractivity contribution in [3.8, 4) is 0 Å². The molecular formula is C16H27BrN2O. The van der Waals surface area contributed by atoms with Gasteiger partial charge in [-0.2, -0.15) is 0 Å². The first-order valence-electron chi connectivity index (χ1n) is 7.46. The molecule has 1 aromatic rings. The average molecular weight is 343 g/mol. The predicted molar refractivity (Wildman–Crippen MR) is 90.3 cm³/mol. The molecule has 1 aromatic carbocycles. The quantitative estimate of drug-likeness (QED) is 0.673. The van der Waals surface area contributed by atoms with Crippen LogP contribution in [-0.4, -0.2) is 30.8 Å². The molecule has 0 saturated heterocycles. The monoisotopic (exact) mass is 342 g/mol. The molecule has 0 saturated carbocycles. The van der Waals surface area contributed by atoms with Gasteiger partial charge in [-0.15, -0.1) is 0 Å². The van der Waals surface area contributed by atoms with Crippen molar-refractivity contribution in [3.05, 3.63) is 28.2 Å². The Bertz CT molecular complexity index is 396. The first-order valence-corrected chi connectivity index (χ1v) is 8.26. The van der Waals surface area contributed by atoms with Gasteiger partial charge in [0, 0.05) is 35.9 Å². The van der Waals surface area contributed by atoms with Crippen molar-refractivity contribution in [3.63, 3.8) is 0 Å². The van der Waals surface area contributed by atoms with Crippen LogP contribution in [0.2, 0.25) is 0 Å². The molecule has 0 amide bonds. The van der Waals surface area contributed by atoms with Crippen molar-refractivity contribution in [2.75, 3.05) is 24.6 Å². The standard InChI is InChI=1S/C16H27BrN2O/c1-4-8-18-12-14-6-7-15(11-16(14)17)19(13(2)3)9-5-10-20/h6-7,11,13,18,20H,4-5,8-10,12H2,1-3H3. The third kappa shape index (κ3) is 5.43. The lowest BCUT2D eigenvalue weighted by Crippen LogP contribution is -2.32. The van der Waals surface area contributed by atoms with Gasteiger partial charge in [0.25, 0.3) is 0 Å². The average Bonchev–Trinajstić information content (AvgIpc) is 2.41. The van der Waals surface area contributed by atoms with Crippen LogP contribution < -0.4 is 10.2 Å². The van der Waals surface area contributed by atoms with E-state index in [1.54, 1.807) is 0 Å². The van der Waals surface area contributed by atoms with Gasteiger partial charge in [0.1, 0.15) is 0 Å². The summed E-state index contributed by atoms with van der Waals surface area (Å²) in [6.45, 7) is 9.60. The van der Waals surface area contributed by atoms with Crippen LogP contribution in [0.15, 0.2) is 22.7 Å². The van der Waals surface area contributed by atoms with Crippen molar-refractivity contribution in [2.24, 2.45) is 0 Å². The smallest absolute Gasteiger partial charge is 0.0447 e. The van der Waals surface area contributed by atoms with Gasteiger partial charge in [0.15, 0.2) is 0 Å². The number of nitrogens with zero attached hydrogens (tertiary/aromatic N) is 1. The van der Waals surface area contributed by atoms with Gasteiger partial charge >= 0.3 is 0 Å². The number of aliphatic hydroxyl groups is 1. The Morgan fingerprint density at radius 2 is 2.10 bits per heavy atom. The van der Waals surface area contributed by atoms with Crippen molar-refractivity contribution >= 4 is 21.6 Å². The second-order valence-electron chi connectivity index (χ2n) is 5.32. The van der Waals surface area contributed by atoms with E-state index in [2.05, 4.69) is 65.1 Å². The summed E-state index contributed by atoms with van der Waals surface area (Å²) in [4.78, 5) is 2.32. The minimum Gasteiger partial charge on any atom is -0.396 e. The first kappa shape index (κ1) is 17.5. The molecule has 0 heterocycles. The highest BCUT2D eigenvalue weighted by Crippen LogP contribution is 2.25. The summed E-state index contributed by atoms with van der Waals surface area (Å²) in [5.41, 5.74) is 2.49. The number of rotatable bonds is 9. The Kier molecular flexibility index (Phi) is 8.19. The molecule has 0 atom stereocenters. The summed E-state index contributed by atoms with van der Waals surface area (Å²) >= 11 is 3.67. The molecule has 0 aliphatic rings. The Hall–Kier alpha value is -0.580. The van der Waals surface area contributed by atoms with E-state index >= 15 is 0 Å². The molecule has 0 aliphatic carbocycles. The molecule has 114 valence electrons. The minimum absolute atomic E-state index is 0.239. The topological polar surface area (TPSA) is 35.5 Å². The van der Waals surface area contributed by atoms with Gasteiger partial charge in [-0.25, -0.2) is 0 Å². The van der Waals surface area contributed by atoms with E-state index in [0.29, 0.717) is 6.04 Å². The van der Waals surface area contributed by atoms with Gasteiger partial charge in [-0.05, 0) is 50.9 Å². The third-order valence-electron chi connectivity index (χ3n) is 3.29. The number of anilines is 1. The summed E-state index contributed by atoms with van der Waals surface area (Å²) in [5.74, 6) is 0. The Balaban J connectivity index is 2.77. The molecule has 2 N–H and O–H groups in total. The summed E-state index contributed by atoms with van der Waals surface area (Å²) in [7, 11) is 0. The number of benzene rings is 1. The fourth-order valence-corrected chi connectivity index (χ4v) is 2.69. The highest BCUT2D eigenvalue weighted by atomic mass is 79.9. The maximum atomic E-state index is 9.02. The molecule has 0 spiro atoms. The van der Waals surface area contributed by atoms with Crippen LogP contribution in [0.1, 0.15) is 39.2 Å². The fourth-order valence-electron chi connectivity index (χ4n) is 2.18. The van der Waals surface area contributed by atoms with Crippen LogP contribution in [0.4, 0.5) is 5.69 Å². The van der Waals surface area contributed by atoms with E-state index in [1.165, 1.54) is 11.3 Å². The second-order valence-corrected chi connectivity index (χ2v) is 6.17. The molecule has 0 fully saturated rings. The molecule has 4 heteroatoms. The van der Waals surface area contributed by atoms with Crippen molar-refractivity contribution in [1.82, 2.24) is 5.32 Å². The van der Waals surface area contributed by atoms with Gasteiger partial charge < -0.3 is 15.3 Å². The molecule has 1 rings (SSSR count). The minimum atomic E-state index is 0.239. The van der Waals surface area contributed by atoms with E-state index in [1.807, 2.05) is 0 Å². The zero-order valence-corrected chi connectivity index (χ0v) is 14.4. The lowest BCUT2D eigenvalue weighted by atomic mass is 10.1. The van der Waals surface area contributed by atoms with Crippen LogP contribution in [0.5, 0.6) is 0 Å². The van der Waals surface area contributed by atoms with Crippen LogP contribution >= 0.6 is 15.9 Å². The molecule has 3 nitrogen and oxygen atoms in total. The summed E-state index contributed by atoms with van der Waals surface area (Å²) in [5, 5.41) is 12.4. The number of hydrogen-bond donors (Lipinski definition) is 2. The zero-order valence-electron chi connectivity index (χ0n) is 12.8. The van der Waals surface area contributed by atoms with Crippen molar-refractivity contribution < 1.29 is 5.11 Å². The summed E-state index contributed by atoms with van der Waals surface area (Å²) in [6, 6.07) is 6.96. The number of hydrogen-bond acceptors (Lipinski definition) is 3. The Morgan fingerprint density at radius 1 is 1.35 bits per heavy atom. The largest absolute Gasteiger partial charge is 0.396 e. The Labute approximate surface area is 131 Å². The van der Waals surface area contributed by atoms with E-state index < -0.39 is 0 Å². The maximum Gasteiger partial charge on any atom is 0.0447 e. The van der Waals surface area contributed by atoms with Crippen molar-refractivity contribution in [1.29, 1.82) is 0 Å².